The second kappa shape index (κ2) is 9.41. The molecule has 1 aliphatic heterocycles. The number of pyridine rings is 1. The summed E-state index contributed by atoms with van der Waals surface area (Å²) in [5.41, 5.74) is 2.75. The number of amides is 1. The van der Waals surface area contributed by atoms with Gasteiger partial charge in [-0.05, 0) is 23.8 Å². The van der Waals surface area contributed by atoms with E-state index in [4.69, 9.17) is 4.74 Å². The van der Waals surface area contributed by atoms with Crippen molar-refractivity contribution in [2.45, 2.75) is 12.6 Å². The fraction of sp³-hybridized carbons (Fsp3) is 0.250. The van der Waals surface area contributed by atoms with Crippen molar-refractivity contribution >= 4 is 11.7 Å². The smallest absolute Gasteiger partial charge is 0.253 e. The molecule has 0 spiro atoms. The SMILES string of the molecule is COc1ccccc1CNC(=O)c1ccc(N2CCNC(c3ccccc3)C2)nc1. The van der Waals surface area contributed by atoms with Crippen LogP contribution < -0.4 is 20.3 Å². The van der Waals surface area contributed by atoms with Gasteiger partial charge in [-0.25, -0.2) is 4.98 Å². The van der Waals surface area contributed by atoms with Gasteiger partial charge in [0, 0.05) is 44.0 Å². The van der Waals surface area contributed by atoms with E-state index in [1.165, 1.54) is 5.56 Å². The number of para-hydroxylation sites is 1. The fourth-order valence-electron chi connectivity index (χ4n) is 3.70. The van der Waals surface area contributed by atoms with Gasteiger partial charge in [-0.2, -0.15) is 0 Å². The van der Waals surface area contributed by atoms with Gasteiger partial charge >= 0.3 is 0 Å². The molecule has 3 aromatic rings. The van der Waals surface area contributed by atoms with Crippen molar-refractivity contribution in [3.05, 3.63) is 89.6 Å². The number of anilines is 1. The van der Waals surface area contributed by atoms with Gasteiger partial charge in [0.05, 0.1) is 12.7 Å². The van der Waals surface area contributed by atoms with Crippen molar-refractivity contribution in [2.75, 3.05) is 31.6 Å². The molecule has 1 unspecified atom stereocenters. The second-order valence-electron chi connectivity index (χ2n) is 7.26. The molecule has 0 bridgehead atoms. The van der Waals surface area contributed by atoms with Crippen LogP contribution in [-0.2, 0) is 6.54 Å². The Morgan fingerprint density at radius 3 is 2.70 bits per heavy atom. The third-order valence-electron chi connectivity index (χ3n) is 5.34. The molecule has 2 aromatic carbocycles. The largest absolute Gasteiger partial charge is 0.496 e. The molecule has 6 nitrogen and oxygen atoms in total. The van der Waals surface area contributed by atoms with E-state index in [-0.39, 0.29) is 11.9 Å². The molecule has 2 heterocycles. The zero-order valence-electron chi connectivity index (χ0n) is 17.0. The number of nitrogens with one attached hydrogen (secondary N) is 2. The molecule has 1 aromatic heterocycles. The van der Waals surface area contributed by atoms with Crippen molar-refractivity contribution in [3.63, 3.8) is 0 Å². The quantitative estimate of drug-likeness (QED) is 0.663. The van der Waals surface area contributed by atoms with Crippen LogP contribution in [0.2, 0.25) is 0 Å². The first-order chi connectivity index (χ1) is 14.7. The van der Waals surface area contributed by atoms with Crippen LogP contribution in [0.5, 0.6) is 5.75 Å². The van der Waals surface area contributed by atoms with Crippen molar-refractivity contribution in [1.82, 2.24) is 15.6 Å². The van der Waals surface area contributed by atoms with E-state index < -0.39 is 0 Å². The molecule has 1 saturated heterocycles. The number of ether oxygens (including phenoxy) is 1. The summed E-state index contributed by atoms with van der Waals surface area (Å²) >= 11 is 0. The Labute approximate surface area is 176 Å². The molecular formula is C24H26N4O2. The first-order valence-corrected chi connectivity index (χ1v) is 10.1. The number of nitrogens with zero attached hydrogens (tertiary/aromatic N) is 2. The third-order valence-corrected chi connectivity index (χ3v) is 5.34. The van der Waals surface area contributed by atoms with E-state index >= 15 is 0 Å². The minimum atomic E-state index is -0.151. The van der Waals surface area contributed by atoms with Crippen molar-refractivity contribution in [2.24, 2.45) is 0 Å². The number of piperazine rings is 1. The standard InChI is InChI=1S/C24H26N4O2/c1-30-22-10-6-5-9-19(22)15-27-24(29)20-11-12-23(26-16-20)28-14-13-25-21(17-28)18-7-3-2-4-8-18/h2-12,16,21,25H,13-15,17H2,1H3,(H,27,29). The number of methoxy groups -OCH3 is 1. The Bertz CT molecular complexity index is 976. The minimum absolute atomic E-state index is 0.151. The van der Waals surface area contributed by atoms with Crippen molar-refractivity contribution in [3.8, 4) is 5.75 Å². The molecule has 154 valence electrons. The normalized spacial score (nSPS) is 16.2. The van der Waals surface area contributed by atoms with Gasteiger partial charge < -0.3 is 20.3 Å². The predicted octanol–water partition coefficient (Wildman–Crippen LogP) is 3.17. The maximum absolute atomic E-state index is 12.5. The summed E-state index contributed by atoms with van der Waals surface area (Å²) in [6, 6.07) is 22.1. The van der Waals surface area contributed by atoms with E-state index in [9.17, 15) is 4.79 Å². The van der Waals surface area contributed by atoms with Crippen LogP contribution in [0.4, 0.5) is 5.82 Å². The lowest BCUT2D eigenvalue weighted by Gasteiger charge is -2.34. The van der Waals surface area contributed by atoms with Crippen LogP contribution in [0.15, 0.2) is 72.9 Å². The van der Waals surface area contributed by atoms with E-state index in [1.807, 2.05) is 42.5 Å². The number of rotatable bonds is 6. The summed E-state index contributed by atoms with van der Waals surface area (Å²) in [5.74, 6) is 1.50. The van der Waals surface area contributed by atoms with Gasteiger partial charge in [-0.3, -0.25) is 4.79 Å². The number of aromatic nitrogens is 1. The van der Waals surface area contributed by atoms with Crippen molar-refractivity contribution in [1.29, 1.82) is 0 Å². The van der Waals surface area contributed by atoms with Crippen LogP contribution in [-0.4, -0.2) is 37.6 Å². The topological polar surface area (TPSA) is 66.5 Å². The summed E-state index contributed by atoms with van der Waals surface area (Å²) in [6.45, 7) is 3.02. The highest BCUT2D eigenvalue weighted by molar-refractivity contribution is 5.94. The molecule has 6 heteroatoms. The number of hydrogen-bond acceptors (Lipinski definition) is 5. The maximum Gasteiger partial charge on any atom is 0.253 e. The monoisotopic (exact) mass is 402 g/mol. The summed E-state index contributed by atoms with van der Waals surface area (Å²) < 4.78 is 5.33. The molecular weight excluding hydrogens is 376 g/mol. The van der Waals surface area contributed by atoms with E-state index in [0.717, 1.165) is 36.8 Å². The minimum Gasteiger partial charge on any atom is -0.496 e. The number of benzene rings is 2. The van der Waals surface area contributed by atoms with Gasteiger partial charge in [-0.1, -0.05) is 48.5 Å². The fourth-order valence-corrected chi connectivity index (χ4v) is 3.70. The Morgan fingerprint density at radius 1 is 1.13 bits per heavy atom. The molecule has 0 aliphatic carbocycles. The summed E-state index contributed by atoms with van der Waals surface area (Å²) in [5, 5.41) is 6.50. The van der Waals surface area contributed by atoms with E-state index in [1.54, 1.807) is 13.3 Å². The molecule has 1 amide bonds. The predicted molar refractivity (Wildman–Crippen MR) is 118 cm³/mol. The number of carbonyl (C=O) groups is 1. The summed E-state index contributed by atoms with van der Waals surface area (Å²) in [7, 11) is 1.63. The lowest BCUT2D eigenvalue weighted by atomic mass is 10.0. The van der Waals surface area contributed by atoms with Gasteiger partial charge in [0.25, 0.3) is 5.91 Å². The maximum atomic E-state index is 12.5. The first-order valence-electron chi connectivity index (χ1n) is 10.1. The Kier molecular flexibility index (Phi) is 6.25. The van der Waals surface area contributed by atoms with Crippen LogP contribution >= 0.6 is 0 Å². The van der Waals surface area contributed by atoms with E-state index in [2.05, 4.69) is 44.8 Å². The van der Waals surface area contributed by atoms with Gasteiger partial charge in [0.1, 0.15) is 11.6 Å². The molecule has 2 N–H and O–H groups in total. The van der Waals surface area contributed by atoms with Crippen LogP contribution in [0, 0.1) is 0 Å². The highest BCUT2D eigenvalue weighted by Gasteiger charge is 2.21. The molecule has 1 fully saturated rings. The zero-order chi connectivity index (χ0) is 20.8. The molecule has 0 saturated carbocycles. The Hall–Kier alpha value is -3.38. The Morgan fingerprint density at radius 2 is 1.93 bits per heavy atom. The van der Waals surface area contributed by atoms with Crippen LogP contribution in [0.1, 0.15) is 27.5 Å². The summed E-state index contributed by atoms with van der Waals surface area (Å²) in [4.78, 5) is 19.3. The highest BCUT2D eigenvalue weighted by atomic mass is 16.5. The lowest BCUT2D eigenvalue weighted by molar-refractivity contribution is 0.0950. The van der Waals surface area contributed by atoms with E-state index in [0.29, 0.717) is 12.1 Å². The summed E-state index contributed by atoms with van der Waals surface area (Å²) in [6.07, 6.45) is 1.65. The van der Waals surface area contributed by atoms with Crippen LogP contribution in [0.25, 0.3) is 0 Å². The van der Waals surface area contributed by atoms with Crippen molar-refractivity contribution < 1.29 is 9.53 Å². The van der Waals surface area contributed by atoms with Gasteiger partial charge in [-0.15, -0.1) is 0 Å². The number of hydrogen-bond donors (Lipinski definition) is 2. The second-order valence-corrected chi connectivity index (χ2v) is 7.26. The first kappa shape index (κ1) is 19.9. The lowest BCUT2D eigenvalue weighted by Crippen LogP contribution is -2.46. The molecule has 1 atom stereocenters. The number of carbonyl (C=O) groups excluding carboxylic acids is 1. The van der Waals surface area contributed by atoms with Gasteiger partial charge in [0.15, 0.2) is 0 Å². The zero-order valence-corrected chi connectivity index (χ0v) is 17.0. The third kappa shape index (κ3) is 4.60. The molecule has 30 heavy (non-hydrogen) atoms. The highest BCUT2D eigenvalue weighted by Crippen LogP contribution is 2.21. The average Bonchev–Trinajstić information content (AvgIpc) is 2.83. The molecule has 0 radical (unpaired) electrons. The molecule has 1 aliphatic rings. The Balaban J connectivity index is 1.38. The van der Waals surface area contributed by atoms with Gasteiger partial charge in [0.2, 0.25) is 0 Å². The molecule has 4 rings (SSSR count). The van der Waals surface area contributed by atoms with Crippen LogP contribution in [0.3, 0.4) is 0 Å². The average molecular weight is 402 g/mol.